The summed E-state index contributed by atoms with van der Waals surface area (Å²) in [6.45, 7) is 11.1. The van der Waals surface area contributed by atoms with Gasteiger partial charge in [0.1, 0.15) is 0 Å². The number of nitrogens with one attached hydrogen (secondary N) is 2. The molecule has 6 amide bonds. The number of amides is 6. The highest BCUT2D eigenvalue weighted by atomic mass is 16.2. The first-order valence-corrected chi connectivity index (χ1v) is 14.8. The third-order valence-corrected chi connectivity index (χ3v) is 7.63. The Balaban J connectivity index is 1.36. The number of hydrogen-bond donors (Lipinski definition) is 2. The van der Waals surface area contributed by atoms with Gasteiger partial charge in [0.25, 0.3) is 35.4 Å². The molecule has 0 radical (unpaired) electrons. The van der Waals surface area contributed by atoms with Crippen molar-refractivity contribution in [1.82, 2.24) is 10.6 Å². The van der Waals surface area contributed by atoms with Gasteiger partial charge in [-0.25, -0.2) is 9.80 Å². The van der Waals surface area contributed by atoms with E-state index >= 15 is 0 Å². The van der Waals surface area contributed by atoms with Crippen molar-refractivity contribution >= 4 is 57.6 Å². The van der Waals surface area contributed by atoms with Gasteiger partial charge in [-0.05, 0) is 90.1 Å². The van der Waals surface area contributed by atoms with Gasteiger partial charge in [0.05, 0.1) is 33.6 Å². The Bertz CT molecular complexity index is 1900. The van der Waals surface area contributed by atoms with Gasteiger partial charge in [-0.15, -0.1) is 0 Å². The van der Waals surface area contributed by atoms with E-state index < -0.39 is 34.7 Å². The van der Waals surface area contributed by atoms with Gasteiger partial charge in [-0.2, -0.15) is 0 Å². The standard InChI is InChI=1S/C36H32N4O6/c1-35(2,3)37-29(41)19-13-15-23-25(17-19)33(45)39(31(23)43)27-11-7-10-22-21(27)9-8-12-28(22)40-32(44)24-16-14-20(18-26(24)34(40)46)30(42)38-36(4,5)6/h7-18H,1-6H3,(H,37,41)(H,38,42). The summed E-state index contributed by atoms with van der Waals surface area (Å²) in [4.78, 5) is 82.2. The van der Waals surface area contributed by atoms with Gasteiger partial charge in [0.2, 0.25) is 0 Å². The Morgan fingerprint density at radius 2 is 0.848 bits per heavy atom. The van der Waals surface area contributed by atoms with Crippen LogP contribution in [0.2, 0.25) is 0 Å². The molecule has 10 heteroatoms. The lowest BCUT2D eigenvalue weighted by Gasteiger charge is -2.21. The molecule has 6 rings (SSSR count). The van der Waals surface area contributed by atoms with Crippen LogP contribution in [0.15, 0.2) is 72.8 Å². The predicted molar refractivity (Wildman–Crippen MR) is 174 cm³/mol. The summed E-state index contributed by atoms with van der Waals surface area (Å²) in [6, 6.07) is 18.7. The van der Waals surface area contributed by atoms with E-state index in [0.29, 0.717) is 10.8 Å². The summed E-state index contributed by atoms with van der Waals surface area (Å²) in [5, 5.41) is 6.63. The van der Waals surface area contributed by atoms with Gasteiger partial charge in [0, 0.05) is 33.0 Å². The van der Waals surface area contributed by atoms with Crippen molar-refractivity contribution in [3.05, 3.63) is 106 Å². The Kier molecular flexibility index (Phi) is 6.92. The van der Waals surface area contributed by atoms with E-state index in [1.165, 1.54) is 36.4 Å². The lowest BCUT2D eigenvalue weighted by molar-refractivity contribution is 0.0907. The molecule has 4 aromatic rings. The van der Waals surface area contributed by atoms with Crippen LogP contribution < -0.4 is 20.4 Å². The van der Waals surface area contributed by atoms with E-state index in [-0.39, 0.29) is 56.6 Å². The van der Waals surface area contributed by atoms with Crippen molar-refractivity contribution in [3.63, 3.8) is 0 Å². The fourth-order valence-electron chi connectivity index (χ4n) is 5.69. The van der Waals surface area contributed by atoms with E-state index in [0.717, 1.165) is 9.80 Å². The summed E-state index contributed by atoms with van der Waals surface area (Å²) in [5.41, 5.74) is 0.583. The van der Waals surface area contributed by atoms with Crippen molar-refractivity contribution in [2.45, 2.75) is 52.6 Å². The second kappa shape index (κ2) is 10.5. The average Bonchev–Trinajstić information content (AvgIpc) is 3.38. The number of nitrogens with zero attached hydrogens (tertiary/aromatic N) is 2. The van der Waals surface area contributed by atoms with Crippen LogP contribution in [0.4, 0.5) is 11.4 Å². The topological polar surface area (TPSA) is 133 Å². The normalized spacial score (nSPS) is 14.6. The van der Waals surface area contributed by atoms with Crippen LogP contribution in [-0.4, -0.2) is 46.5 Å². The first-order chi connectivity index (χ1) is 21.6. The number of imide groups is 2. The van der Waals surface area contributed by atoms with Crippen molar-refractivity contribution in [3.8, 4) is 0 Å². The highest BCUT2D eigenvalue weighted by Gasteiger charge is 2.40. The van der Waals surface area contributed by atoms with E-state index in [2.05, 4.69) is 10.6 Å². The molecule has 0 saturated carbocycles. The first-order valence-electron chi connectivity index (χ1n) is 14.8. The van der Waals surface area contributed by atoms with Crippen molar-refractivity contribution in [2.24, 2.45) is 0 Å². The van der Waals surface area contributed by atoms with Crippen LogP contribution in [0.5, 0.6) is 0 Å². The molecule has 0 aliphatic carbocycles. The number of carbonyl (C=O) groups excluding carboxylic acids is 6. The quantitative estimate of drug-likeness (QED) is 0.291. The van der Waals surface area contributed by atoms with Crippen LogP contribution in [0.25, 0.3) is 10.8 Å². The Morgan fingerprint density at radius 1 is 0.500 bits per heavy atom. The second-order valence-corrected chi connectivity index (χ2v) is 13.5. The first kappa shape index (κ1) is 30.4. The number of hydrogen-bond acceptors (Lipinski definition) is 6. The molecule has 10 nitrogen and oxygen atoms in total. The zero-order chi connectivity index (χ0) is 33.3. The molecular formula is C36H32N4O6. The minimum absolute atomic E-state index is 0.103. The molecule has 46 heavy (non-hydrogen) atoms. The smallest absolute Gasteiger partial charge is 0.266 e. The van der Waals surface area contributed by atoms with Crippen LogP contribution in [0.1, 0.15) is 104 Å². The summed E-state index contributed by atoms with van der Waals surface area (Å²) in [7, 11) is 0. The van der Waals surface area contributed by atoms with E-state index in [1.54, 1.807) is 36.4 Å². The van der Waals surface area contributed by atoms with Crippen LogP contribution in [0.3, 0.4) is 0 Å². The molecule has 232 valence electrons. The zero-order valence-corrected chi connectivity index (χ0v) is 26.3. The molecule has 2 aliphatic rings. The van der Waals surface area contributed by atoms with Crippen molar-refractivity contribution < 1.29 is 28.8 Å². The molecule has 2 N–H and O–H groups in total. The average molecular weight is 617 g/mol. The third kappa shape index (κ3) is 5.11. The molecule has 0 unspecified atom stereocenters. The number of carbonyl (C=O) groups is 6. The molecule has 2 heterocycles. The Morgan fingerprint density at radius 3 is 1.20 bits per heavy atom. The summed E-state index contributed by atoms with van der Waals surface area (Å²) >= 11 is 0. The lowest BCUT2D eigenvalue weighted by atomic mass is 10.0. The van der Waals surface area contributed by atoms with Crippen LogP contribution >= 0.6 is 0 Å². The molecule has 0 fully saturated rings. The van der Waals surface area contributed by atoms with Crippen LogP contribution in [0, 0.1) is 0 Å². The fourth-order valence-corrected chi connectivity index (χ4v) is 5.69. The monoisotopic (exact) mass is 616 g/mol. The Hall–Kier alpha value is -5.64. The minimum atomic E-state index is -0.592. The SMILES string of the molecule is CC(C)(C)NC(=O)c1ccc2c(c1)C(=O)N(c1cccc3c(N4C(=O)c5ccc(C(=O)NC(C)(C)C)cc5C4=O)cccc13)C2=O. The summed E-state index contributed by atoms with van der Waals surface area (Å²) in [6.07, 6.45) is 0. The number of anilines is 2. The highest BCUT2D eigenvalue weighted by Crippen LogP contribution is 2.39. The molecule has 0 atom stereocenters. The number of fused-ring (bicyclic) bond motifs is 3. The minimum Gasteiger partial charge on any atom is -0.347 e. The van der Waals surface area contributed by atoms with Crippen molar-refractivity contribution in [2.75, 3.05) is 9.80 Å². The van der Waals surface area contributed by atoms with Gasteiger partial charge < -0.3 is 10.6 Å². The zero-order valence-electron chi connectivity index (χ0n) is 26.3. The van der Waals surface area contributed by atoms with Gasteiger partial charge in [-0.3, -0.25) is 28.8 Å². The molecular weight excluding hydrogens is 584 g/mol. The predicted octanol–water partition coefficient (Wildman–Crippen LogP) is 5.50. The molecule has 2 aliphatic heterocycles. The molecule has 0 spiro atoms. The lowest BCUT2D eigenvalue weighted by Crippen LogP contribution is -2.40. The maximum Gasteiger partial charge on any atom is 0.266 e. The maximum atomic E-state index is 13.7. The highest BCUT2D eigenvalue weighted by molar-refractivity contribution is 6.38. The van der Waals surface area contributed by atoms with E-state index in [4.69, 9.17) is 0 Å². The van der Waals surface area contributed by atoms with Gasteiger partial charge in [0.15, 0.2) is 0 Å². The molecule has 0 aromatic heterocycles. The molecule has 0 saturated heterocycles. The largest absolute Gasteiger partial charge is 0.347 e. The molecule has 0 bridgehead atoms. The van der Waals surface area contributed by atoms with Crippen LogP contribution in [-0.2, 0) is 0 Å². The van der Waals surface area contributed by atoms with E-state index in [9.17, 15) is 28.8 Å². The number of benzene rings is 4. The fraction of sp³-hybridized carbons (Fsp3) is 0.222. The maximum absolute atomic E-state index is 13.7. The van der Waals surface area contributed by atoms with Gasteiger partial charge >= 0.3 is 0 Å². The Labute approximate surface area is 265 Å². The van der Waals surface area contributed by atoms with Gasteiger partial charge in [-0.1, -0.05) is 24.3 Å². The van der Waals surface area contributed by atoms with E-state index in [1.807, 2.05) is 41.5 Å². The summed E-state index contributed by atoms with van der Waals surface area (Å²) in [5.74, 6) is -3.03. The number of rotatable bonds is 4. The molecule has 4 aromatic carbocycles. The van der Waals surface area contributed by atoms with Crippen molar-refractivity contribution in [1.29, 1.82) is 0 Å². The second-order valence-electron chi connectivity index (χ2n) is 13.5. The summed E-state index contributed by atoms with van der Waals surface area (Å²) < 4.78 is 0. The third-order valence-electron chi connectivity index (χ3n) is 7.63.